The van der Waals surface area contributed by atoms with Crippen LogP contribution in [0.3, 0.4) is 0 Å². The SMILES string of the molecule is Cc1cccc(NC(=O)CCN2C(=S)N[C@@H](c3ccccn3)[C@@H]2c2cc(C)n(Cc3cccnc3)c2C)c1. The molecule has 0 unspecified atom stereocenters. The summed E-state index contributed by atoms with van der Waals surface area (Å²) < 4.78 is 2.31. The number of amides is 1. The highest BCUT2D eigenvalue weighted by Crippen LogP contribution is 2.41. The molecular formula is C30H32N6OS. The Morgan fingerprint density at radius 1 is 1.05 bits per heavy atom. The van der Waals surface area contributed by atoms with E-state index >= 15 is 0 Å². The summed E-state index contributed by atoms with van der Waals surface area (Å²) in [5, 5.41) is 7.15. The summed E-state index contributed by atoms with van der Waals surface area (Å²) in [7, 11) is 0. The van der Waals surface area contributed by atoms with E-state index in [1.54, 1.807) is 12.4 Å². The second-order valence-corrected chi connectivity index (χ2v) is 10.1. The molecule has 0 bridgehead atoms. The minimum Gasteiger partial charge on any atom is -0.352 e. The summed E-state index contributed by atoms with van der Waals surface area (Å²) in [4.78, 5) is 24.0. The van der Waals surface area contributed by atoms with Crippen LogP contribution in [0.1, 0.15) is 52.3 Å². The summed E-state index contributed by atoms with van der Waals surface area (Å²) >= 11 is 5.82. The summed E-state index contributed by atoms with van der Waals surface area (Å²) in [6, 6.07) is 19.8. The third-order valence-corrected chi connectivity index (χ3v) is 7.43. The van der Waals surface area contributed by atoms with Gasteiger partial charge in [-0.05, 0) is 86.1 Å². The van der Waals surface area contributed by atoms with Gasteiger partial charge in [0.05, 0.1) is 17.8 Å². The van der Waals surface area contributed by atoms with E-state index in [2.05, 4.69) is 56.0 Å². The first-order valence-electron chi connectivity index (χ1n) is 12.8. The van der Waals surface area contributed by atoms with Gasteiger partial charge in [-0.25, -0.2) is 0 Å². The van der Waals surface area contributed by atoms with Crippen molar-refractivity contribution in [1.29, 1.82) is 0 Å². The third kappa shape index (κ3) is 5.45. The first-order chi connectivity index (χ1) is 18.4. The van der Waals surface area contributed by atoms with E-state index in [1.165, 1.54) is 5.56 Å². The molecule has 2 N–H and O–H groups in total. The number of anilines is 1. The lowest BCUT2D eigenvalue weighted by molar-refractivity contribution is -0.116. The lowest BCUT2D eigenvalue weighted by atomic mass is 9.96. The van der Waals surface area contributed by atoms with Gasteiger partial charge in [0, 0.05) is 55.2 Å². The van der Waals surface area contributed by atoms with Gasteiger partial charge in [-0.1, -0.05) is 24.3 Å². The average Bonchev–Trinajstić information content (AvgIpc) is 3.39. The van der Waals surface area contributed by atoms with Crippen LogP contribution >= 0.6 is 12.2 Å². The molecule has 0 radical (unpaired) electrons. The molecule has 5 rings (SSSR count). The highest BCUT2D eigenvalue weighted by atomic mass is 32.1. The van der Waals surface area contributed by atoms with Crippen LogP contribution in [-0.2, 0) is 11.3 Å². The maximum atomic E-state index is 12.9. The topological polar surface area (TPSA) is 75.1 Å². The summed E-state index contributed by atoms with van der Waals surface area (Å²) in [5.74, 6) is -0.0412. The number of hydrogen-bond donors (Lipinski definition) is 2. The predicted molar refractivity (Wildman–Crippen MR) is 154 cm³/mol. The number of aromatic nitrogens is 3. The number of thiocarbonyl (C=S) groups is 1. The van der Waals surface area contributed by atoms with Gasteiger partial charge in [0.25, 0.3) is 0 Å². The van der Waals surface area contributed by atoms with Gasteiger partial charge in [0.15, 0.2) is 5.11 Å². The van der Waals surface area contributed by atoms with Crippen LogP contribution in [0.4, 0.5) is 5.69 Å². The van der Waals surface area contributed by atoms with Crippen molar-refractivity contribution in [1.82, 2.24) is 24.8 Å². The molecule has 0 aliphatic carbocycles. The van der Waals surface area contributed by atoms with Crippen LogP contribution in [0, 0.1) is 20.8 Å². The molecule has 2 atom stereocenters. The van der Waals surface area contributed by atoms with E-state index in [-0.39, 0.29) is 18.0 Å². The molecule has 194 valence electrons. The van der Waals surface area contributed by atoms with Gasteiger partial charge < -0.3 is 20.1 Å². The highest BCUT2D eigenvalue weighted by Gasteiger charge is 2.41. The van der Waals surface area contributed by atoms with Crippen molar-refractivity contribution in [2.24, 2.45) is 0 Å². The Labute approximate surface area is 228 Å². The molecule has 4 heterocycles. The minimum absolute atomic E-state index is 0.0412. The van der Waals surface area contributed by atoms with Crippen LogP contribution in [-0.4, -0.2) is 37.0 Å². The van der Waals surface area contributed by atoms with Crippen LogP contribution in [0.25, 0.3) is 0 Å². The molecule has 1 saturated heterocycles. The number of nitrogens with zero attached hydrogens (tertiary/aromatic N) is 4. The number of benzene rings is 1. The van der Waals surface area contributed by atoms with E-state index in [0.29, 0.717) is 18.1 Å². The molecule has 7 nitrogen and oxygen atoms in total. The number of nitrogens with one attached hydrogen (secondary N) is 2. The molecular weight excluding hydrogens is 492 g/mol. The van der Waals surface area contributed by atoms with Crippen molar-refractivity contribution in [3.05, 3.63) is 113 Å². The summed E-state index contributed by atoms with van der Waals surface area (Å²) in [6.45, 7) is 7.52. The second kappa shape index (κ2) is 11.1. The Morgan fingerprint density at radius 2 is 1.92 bits per heavy atom. The van der Waals surface area contributed by atoms with Gasteiger partial charge in [-0.2, -0.15) is 0 Å². The molecule has 1 fully saturated rings. The normalized spacial score (nSPS) is 16.9. The molecule has 3 aromatic heterocycles. The van der Waals surface area contributed by atoms with Crippen molar-refractivity contribution in [2.45, 2.75) is 45.8 Å². The zero-order chi connectivity index (χ0) is 26.6. The standard InChI is InChI=1S/C30H32N6OS/c1-20-8-6-10-24(16-20)33-27(37)12-15-35-29(28(34-30(35)38)26-11-4-5-14-32-26)25-17-21(2)36(22(25)3)19-23-9-7-13-31-18-23/h4-11,13-14,16-18,28-29H,12,15,19H2,1-3H3,(H,33,37)(H,34,38)/t28-,29-/m0/s1. The van der Waals surface area contributed by atoms with E-state index < -0.39 is 0 Å². The number of carbonyl (C=O) groups excluding carboxylic acids is 1. The fraction of sp³-hybridized carbons (Fsp3) is 0.267. The van der Waals surface area contributed by atoms with E-state index in [9.17, 15) is 4.79 Å². The number of rotatable bonds is 8. The van der Waals surface area contributed by atoms with Crippen molar-refractivity contribution in [2.75, 3.05) is 11.9 Å². The van der Waals surface area contributed by atoms with E-state index in [1.807, 2.05) is 61.7 Å². The van der Waals surface area contributed by atoms with Crippen molar-refractivity contribution in [3.8, 4) is 0 Å². The molecule has 1 aliphatic rings. The number of aryl methyl sites for hydroxylation is 2. The zero-order valence-electron chi connectivity index (χ0n) is 21.9. The quantitative estimate of drug-likeness (QED) is 0.307. The van der Waals surface area contributed by atoms with Crippen LogP contribution in [0.15, 0.2) is 79.3 Å². The van der Waals surface area contributed by atoms with Crippen LogP contribution in [0.5, 0.6) is 0 Å². The molecule has 8 heteroatoms. The molecule has 38 heavy (non-hydrogen) atoms. The fourth-order valence-corrected chi connectivity index (χ4v) is 5.53. The molecule has 1 aromatic carbocycles. The minimum atomic E-state index is -0.129. The fourth-order valence-electron chi connectivity index (χ4n) is 5.20. The first-order valence-corrected chi connectivity index (χ1v) is 13.2. The van der Waals surface area contributed by atoms with Crippen molar-refractivity contribution >= 4 is 28.9 Å². The Morgan fingerprint density at radius 3 is 2.66 bits per heavy atom. The molecule has 1 aliphatic heterocycles. The highest BCUT2D eigenvalue weighted by molar-refractivity contribution is 7.80. The third-order valence-electron chi connectivity index (χ3n) is 7.07. The van der Waals surface area contributed by atoms with Crippen molar-refractivity contribution in [3.63, 3.8) is 0 Å². The van der Waals surface area contributed by atoms with Crippen LogP contribution in [0.2, 0.25) is 0 Å². The summed E-state index contributed by atoms with van der Waals surface area (Å²) in [5.41, 5.74) is 7.48. The first kappa shape index (κ1) is 25.6. The smallest absolute Gasteiger partial charge is 0.226 e. The largest absolute Gasteiger partial charge is 0.352 e. The Balaban J connectivity index is 1.43. The van der Waals surface area contributed by atoms with Crippen LogP contribution < -0.4 is 10.6 Å². The maximum Gasteiger partial charge on any atom is 0.226 e. The molecule has 4 aromatic rings. The number of hydrogen-bond acceptors (Lipinski definition) is 4. The van der Waals surface area contributed by atoms with Gasteiger partial charge in [0.1, 0.15) is 0 Å². The van der Waals surface area contributed by atoms with Gasteiger partial charge in [0.2, 0.25) is 5.91 Å². The van der Waals surface area contributed by atoms with Gasteiger partial charge >= 0.3 is 0 Å². The lowest BCUT2D eigenvalue weighted by Gasteiger charge is -2.28. The number of pyridine rings is 2. The maximum absolute atomic E-state index is 12.9. The molecule has 0 saturated carbocycles. The Bertz CT molecular complexity index is 1440. The predicted octanol–water partition coefficient (Wildman–Crippen LogP) is 5.25. The molecule has 1 amide bonds. The Kier molecular flexibility index (Phi) is 7.51. The van der Waals surface area contributed by atoms with Crippen molar-refractivity contribution < 1.29 is 4.79 Å². The summed E-state index contributed by atoms with van der Waals surface area (Å²) in [6.07, 6.45) is 5.82. The Hall–Kier alpha value is -4.04. The van der Waals surface area contributed by atoms with E-state index in [4.69, 9.17) is 12.2 Å². The zero-order valence-corrected chi connectivity index (χ0v) is 22.7. The second-order valence-electron chi connectivity index (χ2n) is 9.76. The lowest BCUT2D eigenvalue weighted by Crippen LogP contribution is -2.33. The number of carbonyl (C=O) groups is 1. The molecule has 0 spiro atoms. The average molecular weight is 525 g/mol. The monoisotopic (exact) mass is 524 g/mol. The van der Waals surface area contributed by atoms with Gasteiger partial charge in [-0.3, -0.25) is 14.8 Å². The van der Waals surface area contributed by atoms with E-state index in [0.717, 1.165) is 40.4 Å². The van der Waals surface area contributed by atoms with Gasteiger partial charge in [-0.15, -0.1) is 0 Å².